The van der Waals surface area contributed by atoms with Crippen molar-refractivity contribution in [3.05, 3.63) is 65.2 Å². The molecule has 1 N–H and O–H groups in total. The first kappa shape index (κ1) is 12.2. The minimum Gasteiger partial charge on any atom is -0.508 e. The fraction of sp³-hybridized carbons (Fsp3) is 0.133. The van der Waals surface area contributed by atoms with Gasteiger partial charge in [0.1, 0.15) is 12.4 Å². The molecule has 2 aromatic rings. The summed E-state index contributed by atoms with van der Waals surface area (Å²) in [6.45, 7) is 2.00. The molecule has 3 heteroatoms. The highest BCUT2D eigenvalue weighted by molar-refractivity contribution is 5.90. The van der Waals surface area contributed by atoms with Crippen LogP contribution in [0.25, 0.3) is 0 Å². The molecule has 0 bridgehead atoms. The first-order valence-electron chi connectivity index (χ1n) is 5.67. The molecule has 0 unspecified atom stereocenters. The van der Waals surface area contributed by atoms with Crippen LogP contribution in [0.2, 0.25) is 0 Å². The largest absolute Gasteiger partial charge is 0.508 e. The van der Waals surface area contributed by atoms with Crippen molar-refractivity contribution in [2.75, 3.05) is 0 Å². The van der Waals surface area contributed by atoms with Crippen LogP contribution < -0.4 is 0 Å². The number of phenolic OH excluding ortho intramolecular Hbond substituents is 1. The van der Waals surface area contributed by atoms with Gasteiger partial charge in [-0.05, 0) is 30.2 Å². The maximum absolute atomic E-state index is 11.7. The van der Waals surface area contributed by atoms with E-state index in [1.165, 1.54) is 6.07 Å². The quantitative estimate of drug-likeness (QED) is 0.841. The zero-order valence-corrected chi connectivity index (χ0v) is 10.1. The van der Waals surface area contributed by atoms with Crippen molar-refractivity contribution < 1.29 is 14.6 Å². The Balaban J connectivity index is 2.02. The average Bonchev–Trinajstić information content (AvgIpc) is 2.40. The number of carbonyl (C=O) groups excluding carboxylic acids is 1. The van der Waals surface area contributed by atoms with Gasteiger partial charge < -0.3 is 9.84 Å². The van der Waals surface area contributed by atoms with E-state index in [-0.39, 0.29) is 12.4 Å². The first-order chi connectivity index (χ1) is 8.66. The summed E-state index contributed by atoms with van der Waals surface area (Å²) in [6.07, 6.45) is 0. The molecule has 0 aliphatic heterocycles. The molecule has 18 heavy (non-hydrogen) atoms. The monoisotopic (exact) mass is 242 g/mol. The second kappa shape index (κ2) is 5.36. The van der Waals surface area contributed by atoms with Gasteiger partial charge in [-0.1, -0.05) is 36.4 Å². The topological polar surface area (TPSA) is 46.5 Å². The van der Waals surface area contributed by atoms with Gasteiger partial charge in [-0.25, -0.2) is 4.79 Å². The summed E-state index contributed by atoms with van der Waals surface area (Å²) in [4.78, 5) is 11.7. The molecule has 0 amide bonds. The van der Waals surface area contributed by atoms with Crippen molar-refractivity contribution in [3.63, 3.8) is 0 Å². The number of ether oxygens (including phenoxy) is 1. The van der Waals surface area contributed by atoms with Crippen molar-refractivity contribution in [3.8, 4) is 5.75 Å². The molecule has 0 radical (unpaired) electrons. The van der Waals surface area contributed by atoms with E-state index in [1.807, 2.05) is 30.3 Å². The van der Waals surface area contributed by atoms with Gasteiger partial charge >= 0.3 is 5.97 Å². The Bertz CT molecular complexity index is 547. The molecule has 0 aromatic heterocycles. The van der Waals surface area contributed by atoms with E-state index in [9.17, 15) is 9.90 Å². The van der Waals surface area contributed by atoms with Gasteiger partial charge in [-0.3, -0.25) is 0 Å². The zero-order chi connectivity index (χ0) is 13.0. The van der Waals surface area contributed by atoms with Crippen LogP contribution in [-0.2, 0) is 11.3 Å². The molecule has 2 aromatic carbocycles. The van der Waals surface area contributed by atoms with Gasteiger partial charge in [0.15, 0.2) is 0 Å². The molecule has 0 aliphatic carbocycles. The van der Waals surface area contributed by atoms with Crippen LogP contribution >= 0.6 is 0 Å². The number of rotatable bonds is 3. The molecule has 0 aliphatic rings. The van der Waals surface area contributed by atoms with E-state index >= 15 is 0 Å². The fourth-order valence-corrected chi connectivity index (χ4v) is 1.54. The minimum atomic E-state index is -0.436. The SMILES string of the molecule is Cc1ccc(C(=O)OCc2ccccc2)cc1O. The number of carbonyl (C=O) groups is 1. The number of benzene rings is 2. The molecule has 0 heterocycles. The van der Waals surface area contributed by atoms with E-state index < -0.39 is 5.97 Å². The van der Waals surface area contributed by atoms with Gasteiger partial charge in [0.25, 0.3) is 0 Å². The van der Waals surface area contributed by atoms with Crippen molar-refractivity contribution in [1.82, 2.24) is 0 Å². The summed E-state index contributed by atoms with van der Waals surface area (Å²) < 4.78 is 5.16. The smallest absolute Gasteiger partial charge is 0.338 e. The van der Waals surface area contributed by atoms with Crippen LogP contribution in [0.5, 0.6) is 5.75 Å². The third-order valence-corrected chi connectivity index (χ3v) is 2.66. The van der Waals surface area contributed by atoms with Gasteiger partial charge in [0.2, 0.25) is 0 Å². The lowest BCUT2D eigenvalue weighted by molar-refractivity contribution is 0.0472. The van der Waals surface area contributed by atoms with Gasteiger partial charge in [0.05, 0.1) is 5.56 Å². The summed E-state index contributed by atoms with van der Waals surface area (Å²) in [7, 11) is 0. The Hall–Kier alpha value is -2.29. The average molecular weight is 242 g/mol. The highest BCUT2D eigenvalue weighted by Gasteiger charge is 2.09. The third kappa shape index (κ3) is 2.88. The molecule has 2 rings (SSSR count). The predicted octanol–water partition coefficient (Wildman–Crippen LogP) is 3.06. The fourth-order valence-electron chi connectivity index (χ4n) is 1.54. The van der Waals surface area contributed by atoms with Crippen LogP contribution in [0, 0.1) is 6.92 Å². The summed E-state index contributed by atoms with van der Waals surface area (Å²) in [5.74, 6) is -0.335. The van der Waals surface area contributed by atoms with E-state index in [4.69, 9.17) is 4.74 Å². The third-order valence-electron chi connectivity index (χ3n) is 2.66. The van der Waals surface area contributed by atoms with E-state index in [2.05, 4.69) is 0 Å². The minimum absolute atomic E-state index is 0.101. The highest BCUT2D eigenvalue weighted by atomic mass is 16.5. The lowest BCUT2D eigenvalue weighted by Gasteiger charge is -2.06. The van der Waals surface area contributed by atoms with Gasteiger partial charge in [-0.15, -0.1) is 0 Å². The number of aryl methyl sites for hydroxylation is 1. The standard InChI is InChI=1S/C15H14O3/c1-11-7-8-13(9-14(11)16)15(17)18-10-12-5-3-2-4-6-12/h2-9,16H,10H2,1H3. The molecule has 3 nitrogen and oxygen atoms in total. The van der Waals surface area contributed by atoms with E-state index in [0.717, 1.165) is 11.1 Å². The lowest BCUT2D eigenvalue weighted by Crippen LogP contribution is -2.05. The number of hydrogen-bond donors (Lipinski definition) is 1. The van der Waals surface area contributed by atoms with Gasteiger partial charge in [0, 0.05) is 0 Å². The Kier molecular flexibility index (Phi) is 3.63. The van der Waals surface area contributed by atoms with Crippen molar-refractivity contribution in [2.24, 2.45) is 0 Å². The highest BCUT2D eigenvalue weighted by Crippen LogP contribution is 2.18. The van der Waals surface area contributed by atoms with E-state index in [0.29, 0.717) is 5.56 Å². The van der Waals surface area contributed by atoms with Crippen molar-refractivity contribution in [2.45, 2.75) is 13.5 Å². The van der Waals surface area contributed by atoms with E-state index in [1.54, 1.807) is 19.1 Å². The molecule has 0 atom stereocenters. The normalized spacial score (nSPS) is 10.1. The second-order valence-corrected chi connectivity index (χ2v) is 4.06. The number of hydrogen-bond acceptors (Lipinski definition) is 3. The summed E-state index contributed by atoms with van der Waals surface area (Å²) in [5, 5.41) is 9.53. The molecule has 0 fully saturated rings. The van der Waals surface area contributed by atoms with Crippen LogP contribution in [0.15, 0.2) is 48.5 Å². The zero-order valence-electron chi connectivity index (χ0n) is 10.1. The number of esters is 1. The molecular weight excluding hydrogens is 228 g/mol. The maximum atomic E-state index is 11.7. The Labute approximate surface area is 106 Å². The molecule has 0 saturated heterocycles. The van der Waals surface area contributed by atoms with Crippen molar-refractivity contribution in [1.29, 1.82) is 0 Å². The first-order valence-corrected chi connectivity index (χ1v) is 5.67. The van der Waals surface area contributed by atoms with Crippen LogP contribution in [0.4, 0.5) is 0 Å². The lowest BCUT2D eigenvalue weighted by atomic mass is 10.1. The molecular formula is C15H14O3. The van der Waals surface area contributed by atoms with Crippen molar-refractivity contribution >= 4 is 5.97 Å². The van der Waals surface area contributed by atoms with Crippen LogP contribution in [-0.4, -0.2) is 11.1 Å². The van der Waals surface area contributed by atoms with Crippen LogP contribution in [0.3, 0.4) is 0 Å². The summed E-state index contributed by atoms with van der Waals surface area (Å²) in [5.41, 5.74) is 2.02. The Morgan fingerprint density at radius 1 is 1.17 bits per heavy atom. The predicted molar refractivity (Wildman–Crippen MR) is 68.4 cm³/mol. The van der Waals surface area contributed by atoms with Crippen LogP contribution in [0.1, 0.15) is 21.5 Å². The number of phenols is 1. The number of aromatic hydroxyl groups is 1. The molecule has 0 spiro atoms. The maximum Gasteiger partial charge on any atom is 0.338 e. The summed E-state index contributed by atoms with van der Waals surface area (Å²) >= 11 is 0. The molecule has 0 saturated carbocycles. The Morgan fingerprint density at radius 3 is 2.56 bits per heavy atom. The Morgan fingerprint density at radius 2 is 1.89 bits per heavy atom. The second-order valence-electron chi connectivity index (χ2n) is 4.06. The summed E-state index contributed by atoms with van der Waals surface area (Å²) in [6, 6.07) is 14.2. The molecule has 92 valence electrons. The van der Waals surface area contributed by atoms with Gasteiger partial charge in [-0.2, -0.15) is 0 Å².